The number of hydrogen-bond acceptors (Lipinski definition) is 4. The molecular formula is C24H26N2O4S. The van der Waals surface area contributed by atoms with Gasteiger partial charge in [0.25, 0.3) is 5.91 Å². The minimum atomic E-state index is -3.66. The largest absolute Gasteiger partial charge is 0.491 e. The van der Waals surface area contributed by atoms with Gasteiger partial charge in [0.15, 0.2) is 0 Å². The summed E-state index contributed by atoms with van der Waals surface area (Å²) >= 11 is 0. The Hall–Kier alpha value is -3.16. The van der Waals surface area contributed by atoms with Crippen LogP contribution in [0.2, 0.25) is 0 Å². The average molecular weight is 439 g/mol. The second kappa shape index (κ2) is 10.2. The molecule has 3 rings (SSSR count). The summed E-state index contributed by atoms with van der Waals surface area (Å²) in [5, 5.41) is 2.77. The first-order valence-corrected chi connectivity index (χ1v) is 11.5. The van der Waals surface area contributed by atoms with Crippen LogP contribution in [0, 0.1) is 0 Å². The lowest BCUT2D eigenvalue weighted by Gasteiger charge is -2.13. The van der Waals surface area contributed by atoms with Crippen LogP contribution in [0.3, 0.4) is 0 Å². The van der Waals surface area contributed by atoms with Crippen molar-refractivity contribution in [2.24, 2.45) is 0 Å². The summed E-state index contributed by atoms with van der Waals surface area (Å²) in [6, 6.07) is 23.4. The van der Waals surface area contributed by atoms with Gasteiger partial charge in [0, 0.05) is 17.2 Å². The third-order valence-electron chi connectivity index (χ3n) is 4.41. The Morgan fingerprint density at radius 2 is 1.65 bits per heavy atom. The molecule has 3 aromatic carbocycles. The molecule has 0 saturated carbocycles. The van der Waals surface area contributed by atoms with Crippen LogP contribution in [-0.4, -0.2) is 33.5 Å². The van der Waals surface area contributed by atoms with Crippen LogP contribution in [0.5, 0.6) is 5.75 Å². The third-order valence-corrected chi connectivity index (χ3v) is 6.07. The van der Waals surface area contributed by atoms with Crippen molar-refractivity contribution in [3.8, 4) is 16.9 Å². The summed E-state index contributed by atoms with van der Waals surface area (Å²) < 4.78 is 33.0. The molecule has 3 aromatic rings. The minimum Gasteiger partial charge on any atom is -0.491 e. The van der Waals surface area contributed by atoms with Crippen molar-refractivity contribution in [3.05, 3.63) is 84.4 Å². The highest BCUT2D eigenvalue weighted by molar-refractivity contribution is 7.89. The molecule has 7 heteroatoms. The fourth-order valence-corrected chi connectivity index (χ4v) is 4.36. The van der Waals surface area contributed by atoms with Gasteiger partial charge < -0.3 is 10.1 Å². The number of nitrogens with one attached hydrogen (secondary N) is 2. The zero-order valence-electron chi connectivity index (χ0n) is 17.5. The van der Waals surface area contributed by atoms with Gasteiger partial charge in [-0.1, -0.05) is 54.6 Å². The van der Waals surface area contributed by atoms with E-state index in [1.54, 1.807) is 26.0 Å². The van der Waals surface area contributed by atoms with Crippen LogP contribution in [0.15, 0.2) is 83.8 Å². The molecule has 0 aliphatic rings. The van der Waals surface area contributed by atoms with E-state index < -0.39 is 10.0 Å². The summed E-state index contributed by atoms with van der Waals surface area (Å²) in [5.74, 6) is 0.373. The van der Waals surface area contributed by atoms with Crippen molar-refractivity contribution in [1.82, 2.24) is 10.0 Å². The van der Waals surface area contributed by atoms with E-state index in [2.05, 4.69) is 10.0 Å². The number of amides is 1. The number of sulfonamides is 1. The van der Waals surface area contributed by atoms with Crippen LogP contribution in [0.4, 0.5) is 0 Å². The van der Waals surface area contributed by atoms with E-state index in [9.17, 15) is 13.2 Å². The Balaban J connectivity index is 1.59. The highest BCUT2D eigenvalue weighted by Gasteiger charge is 2.17. The molecule has 0 unspecified atom stereocenters. The molecule has 1 amide bonds. The van der Waals surface area contributed by atoms with Crippen LogP contribution in [0.1, 0.15) is 24.2 Å². The van der Waals surface area contributed by atoms with E-state index in [0.717, 1.165) is 16.9 Å². The quantitative estimate of drug-likeness (QED) is 0.497. The molecule has 2 N–H and O–H groups in total. The summed E-state index contributed by atoms with van der Waals surface area (Å²) in [7, 11) is -3.66. The van der Waals surface area contributed by atoms with Gasteiger partial charge in [-0.2, -0.15) is 0 Å². The molecule has 0 fully saturated rings. The molecule has 0 heterocycles. The SMILES string of the molecule is CC(C)NS(=O)(=O)c1cccc(C(=O)NCCOc2ccccc2-c2ccccc2)c1. The first kappa shape index (κ1) is 22.5. The predicted molar refractivity (Wildman–Crippen MR) is 122 cm³/mol. The fourth-order valence-electron chi connectivity index (χ4n) is 3.06. The van der Waals surface area contributed by atoms with Crippen LogP contribution < -0.4 is 14.8 Å². The molecule has 6 nitrogen and oxygen atoms in total. The lowest BCUT2D eigenvalue weighted by Crippen LogP contribution is -2.31. The molecule has 0 spiro atoms. The molecule has 0 aliphatic carbocycles. The van der Waals surface area contributed by atoms with Gasteiger partial charge in [-0.15, -0.1) is 0 Å². The van der Waals surface area contributed by atoms with Crippen LogP contribution >= 0.6 is 0 Å². The smallest absolute Gasteiger partial charge is 0.251 e. The van der Waals surface area contributed by atoms with Crippen molar-refractivity contribution in [2.75, 3.05) is 13.2 Å². The summed E-state index contributed by atoms with van der Waals surface area (Å²) in [6.07, 6.45) is 0. The third kappa shape index (κ3) is 6.16. The number of benzene rings is 3. The monoisotopic (exact) mass is 438 g/mol. The molecule has 0 aromatic heterocycles. The lowest BCUT2D eigenvalue weighted by atomic mass is 10.1. The van der Waals surface area contributed by atoms with E-state index >= 15 is 0 Å². The van der Waals surface area contributed by atoms with Gasteiger partial charge in [-0.25, -0.2) is 13.1 Å². The second-order valence-corrected chi connectivity index (χ2v) is 8.98. The predicted octanol–water partition coefficient (Wildman–Crippen LogP) is 3.85. The molecule has 0 bridgehead atoms. The van der Waals surface area contributed by atoms with Gasteiger partial charge in [0.1, 0.15) is 12.4 Å². The zero-order chi connectivity index (χ0) is 22.3. The van der Waals surface area contributed by atoms with Crippen molar-refractivity contribution >= 4 is 15.9 Å². The topological polar surface area (TPSA) is 84.5 Å². The fraction of sp³-hybridized carbons (Fsp3) is 0.208. The number of para-hydroxylation sites is 1. The standard InChI is InChI=1S/C24H26N2O4S/c1-18(2)26-31(28,29)21-12-8-11-20(17-21)24(27)25-15-16-30-23-14-7-6-13-22(23)19-9-4-3-5-10-19/h3-14,17-18,26H,15-16H2,1-2H3,(H,25,27). The average Bonchev–Trinajstić information content (AvgIpc) is 2.77. The summed E-state index contributed by atoms with van der Waals surface area (Å²) in [4.78, 5) is 12.5. The summed E-state index contributed by atoms with van der Waals surface area (Å²) in [6.45, 7) is 4.04. The maximum Gasteiger partial charge on any atom is 0.251 e. The van der Waals surface area contributed by atoms with E-state index in [-0.39, 0.29) is 35.6 Å². The number of rotatable bonds is 9. The first-order valence-electron chi connectivity index (χ1n) is 10.0. The Kier molecular flexibility index (Phi) is 7.44. The number of hydrogen-bond donors (Lipinski definition) is 2. The van der Waals surface area contributed by atoms with E-state index in [1.807, 2.05) is 54.6 Å². The molecular weight excluding hydrogens is 412 g/mol. The molecule has 162 valence electrons. The van der Waals surface area contributed by atoms with Crippen molar-refractivity contribution < 1.29 is 17.9 Å². The van der Waals surface area contributed by atoms with Crippen LogP contribution in [-0.2, 0) is 10.0 Å². The van der Waals surface area contributed by atoms with Crippen LogP contribution in [0.25, 0.3) is 11.1 Å². The molecule has 0 radical (unpaired) electrons. The normalized spacial score (nSPS) is 11.3. The van der Waals surface area contributed by atoms with Gasteiger partial charge >= 0.3 is 0 Å². The van der Waals surface area contributed by atoms with Gasteiger partial charge in [0.2, 0.25) is 10.0 Å². The Morgan fingerprint density at radius 3 is 2.39 bits per heavy atom. The first-order chi connectivity index (χ1) is 14.9. The van der Waals surface area contributed by atoms with E-state index in [1.165, 1.54) is 12.1 Å². The Morgan fingerprint density at radius 1 is 0.935 bits per heavy atom. The van der Waals surface area contributed by atoms with E-state index in [0.29, 0.717) is 0 Å². The van der Waals surface area contributed by atoms with Gasteiger partial charge in [0.05, 0.1) is 11.4 Å². The van der Waals surface area contributed by atoms with Crippen molar-refractivity contribution in [3.63, 3.8) is 0 Å². The molecule has 0 atom stereocenters. The van der Waals surface area contributed by atoms with Crippen molar-refractivity contribution in [1.29, 1.82) is 0 Å². The second-order valence-electron chi connectivity index (χ2n) is 7.27. The van der Waals surface area contributed by atoms with Crippen molar-refractivity contribution in [2.45, 2.75) is 24.8 Å². The molecule has 0 saturated heterocycles. The van der Waals surface area contributed by atoms with Gasteiger partial charge in [-0.05, 0) is 43.7 Å². The lowest BCUT2D eigenvalue weighted by molar-refractivity contribution is 0.0947. The molecule has 31 heavy (non-hydrogen) atoms. The van der Waals surface area contributed by atoms with Gasteiger partial charge in [-0.3, -0.25) is 4.79 Å². The number of ether oxygens (including phenoxy) is 1. The maximum absolute atomic E-state index is 12.5. The highest BCUT2D eigenvalue weighted by atomic mass is 32.2. The minimum absolute atomic E-state index is 0.0573. The number of carbonyl (C=O) groups excluding carboxylic acids is 1. The maximum atomic E-state index is 12.5. The Labute approximate surface area is 183 Å². The van der Waals surface area contributed by atoms with E-state index in [4.69, 9.17) is 4.74 Å². The zero-order valence-corrected chi connectivity index (χ0v) is 18.4. The highest BCUT2D eigenvalue weighted by Crippen LogP contribution is 2.29. The molecule has 0 aliphatic heterocycles. The number of carbonyl (C=O) groups is 1. The Bertz CT molecular complexity index is 1130. The summed E-state index contributed by atoms with van der Waals surface area (Å²) in [5.41, 5.74) is 2.30.